The Hall–Kier alpha value is -2.01. The highest BCUT2D eigenvalue weighted by Crippen LogP contribution is 2.43. The first-order chi connectivity index (χ1) is 8.69. The van der Waals surface area contributed by atoms with E-state index in [2.05, 4.69) is 0 Å². The van der Waals surface area contributed by atoms with Gasteiger partial charge in [0, 0.05) is 11.4 Å². The predicted octanol–water partition coefficient (Wildman–Crippen LogP) is 2.65. The van der Waals surface area contributed by atoms with Gasteiger partial charge in [-0.1, -0.05) is 12.1 Å². The molecule has 2 aromatic carbocycles. The zero-order chi connectivity index (χ0) is 13.1. The smallest absolute Gasteiger partial charge is 0.128 e. The number of hydrogen-bond donors (Lipinski definition) is 2. The third kappa shape index (κ3) is 2.71. The highest BCUT2D eigenvalue weighted by Gasteiger charge is 2.16. The lowest BCUT2D eigenvalue weighted by atomic mass is 9.99. The normalized spacial score (nSPS) is 9.58. The Morgan fingerprint density at radius 2 is 1.11 bits per heavy atom. The highest BCUT2D eigenvalue weighted by atomic mass is 32.1. The number of methoxy groups -OCH3 is 2. The summed E-state index contributed by atoms with van der Waals surface area (Å²) < 4.78 is 10.7. The predicted molar refractivity (Wildman–Crippen MR) is 84.2 cm³/mol. The fourth-order valence-electron chi connectivity index (χ4n) is 1.97. The summed E-state index contributed by atoms with van der Waals surface area (Å²) in [6.45, 7) is 0. The quantitative estimate of drug-likeness (QED) is 0.847. The van der Waals surface area contributed by atoms with Crippen molar-refractivity contribution < 1.29 is 9.47 Å². The molecule has 0 heterocycles. The van der Waals surface area contributed by atoms with Crippen molar-refractivity contribution in [1.29, 1.82) is 0 Å². The van der Waals surface area contributed by atoms with E-state index in [0.717, 1.165) is 11.1 Å². The molecule has 0 fully saturated rings. The molecule has 0 saturated carbocycles. The van der Waals surface area contributed by atoms with Gasteiger partial charge in [0.1, 0.15) is 11.5 Å². The molecule has 2 rings (SSSR count). The van der Waals surface area contributed by atoms with Gasteiger partial charge in [-0.15, -0.1) is 0 Å². The summed E-state index contributed by atoms with van der Waals surface area (Å²) in [6.07, 6.45) is 0. The van der Waals surface area contributed by atoms with E-state index >= 15 is 0 Å². The Labute approximate surface area is 119 Å². The van der Waals surface area contributed by atoms with E-state index in [1.807, 2.05) is 36.4 Å². The van der Waals surface area contributed by atoms with Gasteiger partial charge in [-0.2, -0.15) is 13.5 Å². The summed E-state index contributed by atoms with van der Waals surface area (Å²) in [5.41, 5.74) is 14.8. The highest BCUT2D eigenvalue weighted by molar-refractivity contribution is 7.59. The summed E-state index contributed by atoms with van der Waals surface area (Å²) in [7, 11) is 3.20. The van der Waals surface area contributed by atoms with Crippen molar-refractivity contribution in [3.05, 3.63) is 36.4 Å². The number of anilines is 2. The number of nitrogens with two attached hydrogens (primary N) is 2. The Balaban J connectivity index is 0.00000180. The van der Waals surface area contributed by atoms with E-state index in [1.165, 1.54) is 0 Å². The number of hydrogen-bond acceptors (Lipinski definition) is 4. The molecule has 5 heteroatoms. The van der Waals surface area contributed by atoms with Gasteiger partial charge >= 0.3 is 0 Å². The second-order valence-corrected chi connectivity index (χ2v) is 3.85. The molecular weight excluding hydrogens is 260 g/mol. The standard InChI is InChI=1S/C14H16N2O2.H2S/c1-17-11-7-3-5-9(15)13(11)14-10(16)6-4-8-12(14)18-2;/h3-8H,15-16H2,1-2H3;1H2. The van der Waals surface area contributed by atoms with Crippen molar-refractivity contribution in [2.75, 3.05) is 25.7 Å². The second-order valence-electron chi connectivity index (χ2n) is 3.85. The minimum Gasteiger partial charge on any atom is -0.496 e. The molecule has 2 aromatic rings. The molecule has 0 aliphatic heterocycles. The van der Waals surface area contributed by atoms with Crippen LogP contribution in [0.15, 0.2) is 36.4 Å². The summed E-state index contributed by atoms with van der Waals surface area (Å²) >= 11 is 0. The van der Waals surface area contributed by atoms with E-state index < -0.39 is 0 Å². The van der Waals surface area contributed by atoms with Crippen molar-refractivity contribution in [3.63, 3.8) is 0 Å². The van der Waals surface area contributed by atoms with Gasteiger partial charge in [0.15, 0.2) is 0 Å². The summed E-state index contributed by atoms with van der Waals surface area (Å²) in [5, 5.41) is 0. The van der Waals surface area contributed by atoms with Gasteiger partial charge in [-0.05, 0) is 24.3 Å². The van der Waals surface area contributed by atoms with Gasteiger partial charge in [-0.3, -0.25) is 0 Å². The van der Waals surface area contributed by atoms with Crippen LogP contribution in [0.25, 0.3) is 11.1 Å². The molecule has 19 heavy (non-hydrogen) atoms. The van der Waals surface area contributed by atoms with Gasteiger partial charge in [0.25, 0.3) is 0 Å². The largest absolute Gasteiger partial charge is 0.496 e. The SMILES string of the molecule is COc1cccc(N)c1-c1c(N)cccc1OC.S. The molecule has 4 nitrogen and oxygen atoms in total. The molecule has 0 unspecified atom stereocenters. The number of nitrogen functional groups attached to an aromatic ring is 2. The lowest BCUT2D eigenvalue weighted by Gasteiger charge is -2.16. The van der Waals surface area contributed by atoms with Crippen LogP contribution >= 0.6 is 13.5 Å². The Kier molecular flexibility index (Phi) is 4.94. The first-order valence-corrected chi connectivity index (χ1v) is 5.54. The topological polar surface area (TPSA) is 70.5 Å². The van der Waals surface area contributed by atoms with E-state index in [1.54, 1.807) is 14.2 Å². The third-order valence-electron chi connectivity index (χ3n) is 2.81. The first-order valence-electron chi connectivity index (χ1n) is 5.54. The second kappa shape index (κ2) is 6.24. The number of benzene rings is 2. The molecular formula is C14H18N2O2S. The number of ether oxygens (including phenoxy) is 2. The maximum absolute atomic E-state index is 6.03. The minimum absolute atomic E-state index is 0. The maximum atomic E-state index is 6.03. The molecule has 102 valence electrons. The fourth-order valence-corrected chi connectivity index (χ4v) is 1.97. The average molecular weight is 278 g/mol. The average Bonchev–Trinajstić information content (AvgIpc) is 2.38. The molecule has 0 atom stereocenters. The van der Waals surface area contributed by atoms with Gasteiger partial charge in [0.05, 0.1) is 25.3 Å². The number of rotatable bonds is 3. The minimum atomic E-state index is 0. The van der Waals surface area contributed by atoms with E-state index in [4.69, 9.17) is 20.9 Å². The zero-order valence-corrected chi connectivity index (χ0v) is 11.9. The van der Waals surface area contributed by atoms with E-state index in [0.29, 0.717) is 22.9 Å². The molecule has 0 aliphatic carbocycles. The molecule has 0 spiro atoms. The summed E-state index contributed by atoms with van der Waals surface area (Å²) in [4.78, 5) is 0. The van der Waals surface area contributed by atoms with Crippen molar-refractivity contribution in [1.82, 2.24) is 0 Å². The van der Waals surface area contributed by atoms with Gasteiger partial charge < -0.3 is 20.9 Å². The maximum Gasteiger partial charge on any atom is 0.128 e. The Morgan fingerprint density at radius 3 is 1.42 bits per heavy atom. The molecule has 0 amide bonds. The molecule has 0 aromatic heterocycles. The van der Waals surface area contributed by atoms with Crippen LogP contribution in [0.2, 0.25) is 0 Å². The lowest BCUT2D eigenvalue weighted by molar-refractivity contribution is 0.410. The van der Waals surface area contributed by atoms with Crippen LogP contribution in [-0.4, -0.2) is 14.2 Å². The van der Waals surface area contributed by atoms with Crippen molar-refractivity contribution in [2.24, 2.45) is 0 Å². The van der Waals surface area contributed by atoms with Crippen LogP contribution in [0, 0.1) is 0 Å². The van der Waals surface area contributed by atoms with Crippen LogP contribution < -0.4 is 20.9 Å². The van der Waals surface area contributed by atoms with Crippen LogP contribution in [0.3, 0.4) is 0 Å². The summed E-state index contributed by atoms with van der Waals surface area (Å²) in [5.74, 6) is 1.34. The fraction of sp³-hybridized carbons (Fsp3) is 0.143. The van der Waals surface area contributed by atoms with E-state index in [9.17, 15) is 0 Å². The monoisotopic (exact) mass is 278 g/mol. The van der Waals surface area contributed by atoms with Crippen molar-refractivity contribution in [2.45, 2.75) is 0 Å². The van der Waals surface area contributed by atoms with Crippen molar-refractivity contribution in [3.8, 4) is 22.6 Å². The van der Waals surface area contributed by atoms with Gasteiger partial charge in [0.2, 0.25) is 0 Å². The van der Waals surface area contributed by atoms with Crippen LogP contribution in [-0.2, 0) is 0 Å². The molecule has 0 aliphatic rings. The zero-order valence-electron chi connectivity index (χ0n) is 10.9. The molecule has 4 N–H and O–H groups in total. The van der Waals surface area contributed by atoms with Crippen LogP contribution in [0.4, 0.5) is 11.4 Å². The van der Waals surface area contributed by atoms with E-state index in [-0.39, 0.29) is 13.5 Å². The molecule has 0 saturated heterocycles. The van der Waals surface area contributed by atoms with Crippen LogP contribution in [0.5, 0.6) is 11.5 Å². The third-order valence-corrected chi connectivity index (χ3v) is 2.81. The van der Waals surface area contributed by atoms with Crippen LogP contribution in [0.1, 0.15) is 0 Å². The summed E-state index contributed by atoms with van der Waals surface area (Å²) in [6, 6.07) is 11.0. The van der Waals surface area contributed by atoms with Gasteiger partial charge in [-0.25, -0.2) is 0 Å². The Morgan fingerprint density at radius 1 is 0.737 bits per heavy atom. The van der Waals surface area contributed by atoms with Crippen molar-refractivity contribution >= 4 is 24.9 Å². The molecule has 0 radical (unpaired) electrons. The first kappa shape index (κ1) is 15.0. The Bertz CT molecular complexity index is 522. The lowest BCUT2D eigenvalue weighted by Crippen LogP contribution is -1.99. The molecule has 0 bridgehead atoms.